The van der Waals surface area contributed by atoms with Gasteiger partial charge in [-0.25, -0.2) is 13.2 Å². The van der Waals surface area contributed by atoms with Crippen LogP contribution >= 0.6 is 0 Å². The van der Waals surface area contributed by atoms with Crippen LogP contribution in [-0.4, -0.2) is 63.5 Å². The summed E-state index contributed by atoms with van der Waals surface area (Å²) in [5, 5.41) is 0. The fourth-order valence-corrected chi connectivity index (χ4v) is 4.15. The standard InChI is InChI=1S/C18H26N2O6S/c1-13-9-14(2)11-20(10-13)17(21)12-26-18(22)15-5-7-16(8-6-15)27(23,24)19(3)25-4/h5-8,13-14H,9-12H2,1-4H3/t13-,14-/m1/s1. The van der Waals surface area contributed by atoms with E-state index in [4.69, 9.17) is 9.57 Å². The lowest BCUT2D eigenvalue weighted by Gasteiger charge is -2.34. The second-order valence-corrected chi connectivity index (χ2v) is 8.88. The van der Waals surface area contributed by atoms with Gasteiger partial charge in [0.2, 0.25) is 0 Å². The molecule has 8 nitrogen and oxygen atoms in total. The van der Waals surface area contributed by atoms with Gasteiger partial charge in [-0.05, 0) is 42.5 Å². The lowest BCUT2D eigenvalue weighted by atomic mass is 9.92. The van der Waals surface area contributed by atoms with Crippen molar-refractivity contribution in [1.82, 2.24) is 9.37 Å². The molecule has 1 saturated heterocycles. The van der Waals surface area contributed by atoms with Crippen LogP contribution < -0.4 is 0 Å². The molecule has 1 heterocycles. The average molecular weight is 398 g/mol. The number of piperidine rings is 1. The van der Waals surface area contributed by atoms with E-state index < -0.39 is 16.0 Å². The second kappa shape index (κ2) is 8.81. The van der Waals surface area contributed by atoms with Gasteiger partial charge >= 0.3 is 5.97 Å². The number of hydrogen-bond donors (Lipinski definition) is 0. The highest BCUT2D eigenvalue weighted by molar-refractivity contribution is 7.89. The first-order chi connectivity index (χ1) is 12.6. The number of esters is 1. The smallest absolute Gasteiger partial charge is 0.338 e. The van der Waals surface area contributed by atoms with Gasteiger partial charge in [-0.1, -0.05) is 18.3 Å². The molecule has 2 rings (SSSR count). The summed E-state index contributed by atoms with van der Waals surface area (Å²) in [5.41, 5.74) is 0.169. The molecule has 1 amide bonds. The first kappa shape index (κ1) is 21.3. The molecule has 1 aliphatic rings. The highest BCUT2D eigenvalue weighted by atomic mass is 32.2. The molecule has 27 heavy (non-hydrogen) atoms. The molecule has 0 spiro atoms. The number of benzene rings is 1. The van der Waals surface area contributed by atoms with Crippen LogP contribution in [0, 0.1) is 11.8 Å². The van der Waals surface area contributed by atoms with Crippen LogP contribution in [0.5, 0.6) is 0 Å². The third kappa shape index (κ3) is 5.27. The Bertz CT molecular complexity index is 768. The first-order valence-corrected chi connectivity index (χ1v) is 10.2. The maximum Gasteiger partial charge on any atom is 0.338 e. The molecular formula is C18H26N2O6S. The van der Waals surface area contributed by atoms with Crippen LogP contribution in [0.2, 0.25) is 0 Å². The van der Waals surface area contributed by atoms with E-state index in [0.29, 0.717) is 24.9 Å². The number of hydroxylamine groups is 1. The molecule has 0 saturated carbocycles. The predicted molar refractivity (Wildman–Crippen MR) is 98.2 cm³/mol. The van der Waals surface area contributed by atoms with E-state index in [-0.39, 0.29) is 23.0 Å². The molecule has 1 aromatic rings. The Labute approximate surface area is 160 Å². The highest BCUT2D eigenvalue weighted by Crippen LogP contribution is 2.21. The van der Waals surface area contributed by atoms with Gasteiger partial charge in [0.25, 0.3) is 15.9 Å². The topological polar surface area (TPSA) is 93.2 Å². The number of likely N-dealkylation sites (tertiary alicyclic amines) is 1. The summed E-state index contributed by atoms with van der Waals surface area (Å²) < 4.78 is 30.1. The van der Waals surface area contributed by atoms with Crippen molar-refractivity contribution in [1.29, 1.82) is 0 Å². The molecule has 0 bridgehead atoms. The molecule has 0 N–H and O–H groups in total. The largest absolute Gasteiger partial charge is 0.452 e. The molecule has 0 aliphatic carbocycles. The molecule has 9 heteroatoms. The molecule has 0 aromatic heterocycles. The summed E-state index contributed by atoms with van der Waals surface area (Å²) >= 11 is 0. The Balaban J connectivity index is 1.95. The predicted octanol–water partition coefficient (Wildman–Crippen LogP) is 1.53. The van der Waals surface area contributed by atoms with Crippen LogP contribution in [0.15, 0.2) is 29.2 Å². The van der Waals surface area contributed by atoms with Crippen molar-refractivity contribution < 1.29 is 27.6 Å². The van der Waals surface area contributed by atoms with Crippen molar-refractivity contribution in [2.75, 3.05) is 33.9 Å². The third-order valence-corrected chi connectivity index (χ3v) is 6.23. The van der Waals surface area contributed by atoms with Crippen LogP contribution in [0.1, 0.15) is 30.6 Å². The summed E-state index contributed by atoms with van der Waals surface area (Å²) in [7, 11) is -1.27. The SMILES string of the molecule is CON(C)S(=O)(=O)c1ccc(C(=O)OCC(=O)N2C[C@H](C)C[C@@H](C)C2)cc1. The van der Waals surface area contributed by atoms with Gasteiger partial charge in [-0.15, -0.1) is 0 Å². The van der Waals surface area contributed by atoms with Gasteiger partial charge in [-0.3, -0.25) is 9.63 Å². The Hall–Kier alpha value is -1.97. The number of sulfonamides is 1. The summed E-state index contributed by atoms with van der Waals surface area (Å²) in [6.45, 7) is 5.20. The van der Waals surface area contributed by atoms with Gasteiger partial charge in [0, 0.05) is 20.1 Å². The van der Waals surface area contributed by atoms with Crippen molar-refractivity contribution in [3.63, 3.8) is 0 Å². The maximum absolute atomic E-state index is 12.3. The quantitative estimate of drug-likeness (QED) is 0.533. The van der Waals surface area contributed by atoms with E-state index in [2.05, 4.69) is 13.8 Å². The second-order valence-electron chi connectivity index (χ2n) is 6.94. The number of nitrogens with zero attached hydrogens (tertiary/aromatic N) is 2. The van der Waals surface area contributed by atoms with Gasteiger partial charge in [0.1, 0.15) is 0 Å². The summed E-state index contributed by atoms with van der Waals surface area (Å²) in [4.78, 5) is 30.8. The molecule has 1 fully saturated rings. The van der Waals surface area contributed by atoms with E-state index in [1.165, 1.54) is 38.4 Å². The number of carbonyl (C=O) groups is 2. The molecule has 2 atom stereocenters. The fraction of sp³-hybridized carbons (Fsp3) is 0.556. The molecule has 150 valence electrons. The van der Waals surface area contributed by atoms with E-state index in [0.717, 1.165) is 10.9 Å². The van der Waals surface area contributed by atoms with E-state index >= 15 is 0 Å². The Morgan fingerprint density at radius 1 is 1.15 bits per heavy atom. The Kier molecular flexibility index (Phi) is 6.96. The summed E-state index contributed by atoms with van der Waals surface area (Å²) in [5.74, 6) is -0.0468. The van der Waals surface area contributed by atoms with Crippen molar-refractivity contribution >= 4 is 21.9 Å². The van der Waals surface area contributed by atoms with Crippen molar-refractivity contribution in [2.24, 2.45) is 11.8 Å². The monoisotopic (exact) mass is 398 g/mol. The summed E-state index contributed by atoms with van der Waals surface area (Å²) in [6, 6.07) is 5.26. The van der Waals surface area contributed by atoms with Gasteiger partial charge in [0.05, 0.1) is 17.6 Å². The Morgan fingerprint density at radius 3 is 2.22 bits per heavy atom. The van der Waals surface area contributed by atoms with Gasteiger partial charge < -0.3 is 9.64 Å². The number of rotatable bonds is 6. The average Bonchev–Trinajstić information content (AvgIpc) is 2.64. The zero-order chi connectivity index (χ0) is 20.2. The van der Waals surface area contributed by atoms with Crippen LogP contribution in [-0.2, 0) is 24.4 Å². The zero-order valence-corrected chi connectivity index (χ0v) is 16.9. The van der Waals surface area contributed by atoms with Gasteiger partial charge in [-0.2, -0.15) is 0 Å². The number of amides is 1. The minimum Gasteiger partial charge on any atom is -0.452 e. The van der Waals surface area contributed by atoms with Crippen molar-refractivity contribution in [2.45, 2.75) is 25.2 Å². The van der Waals surface area contributed by atoms with E-state index in [9.17, 15) is 18.0 Å². The van der Waals surface area contributed by atoms with Gasteiger partial charge in [0.15, 0.2) is 6.61 Å². The van der Waals surface area contributed by atoms with Crippen molar-refractivity contribution in [3.8, 4) is 0 Å². The number of hydrogen-bond acceptors (Lipinski definition) is 6. The lowest BCUT2D eigenvalue weighted by molar-refractivity contribution is -0.137. The zero-order valence-electron chi connectivity index (χ0n) is 16.0. The number of ether oxygens (including phenoxy) is 1. The molecule has 0 radical (unpaired) electrons. The molecular weight excluding hydrogens is 372 g/mol. The van der Waals surface area contributed by atoms with E-state index in [1.807, 2.05) is 0 Å². The third-order valence-electron chi connectivity index (χ3n) is 4.53. The van der Waals surface area contributed by atoms with Crippen molar-refractivity contribution in [3.05, 3.63) is 29.8 Å². The van der Waals surface area contributed by atoms with Crippen LogP contribution in [0.25, 0.3) is 0 Å². The minimum atomic E-state index is -3.78. The molecule has 1 aliphatic heterocycles. The maximum atomic E-state index is 12.3. The molecule has 1 aromatic carbocycles. The summed E-state index contributed by atoms with van der Waals surface area (Å²) in [6.07, 6.45) is 1.08. The Morgan fingerprint density at radius 2 is 1.70 bits per heavy atom. The normalized spacial score (nSPS) is 20.6. The fourth-order valence-electron chi connectivity index (χ4n) is 3.18. The minimum absolute atomic E-state index is 0.0178. The first-order valence-electron chi connectivity index (χ1n) is 8.73. The number of carbonyl (C=O) groups excluding carboxylic acids is 2. The molecule has 0 unspecified atom stereocenters. The van der Waals surface area contributed by atoms with Crippen LogP contribution in [0.4, 0.5) is 0 Å². The van der Waals surface area contributed by atoms with Crippen LogP contribution in [0.3, 0.4) is 0 Å². The lowest BCUT2D eigenvalue weighted by Crippen LogP contribution is -2.44. The highest BCUT2D eigenvalue weighted by Gasteiger charge is 2.26. The van der Waals surface area contributed by atoms with E-state index in [1.54, 1.807) is 4.90 Å².